The van der Waals surface area contributed by atoms with Crippen LogP contribution in [-0.4, -0.2) is 55.6 Å². The van der Waals surface area contributed by atoms with Gasteiger partial charge >= 0.3 is 0 Å². The number of nitrogens with one attached hydrogen (secondary N) is 1. The molecule has 0 spiro atoms. The van der Waals surface area contributed by atoms with Gasteiger partial charge in [-0.2, -0.15) is 0 Å². The van der Waals surface area contributed by atoms with Gasteiger partial charge in [0, 0.05) is 39.1 Å². The first kappa shape index (κ1) is 12.3. The van der Waals surface area contributed by atoms with Crippen molar-refractivity contribution in [3.63, 3.8) is 0 Å². The number of thiazole rings is 1. The molecule has 1 N–H and O–H groups in total. The summed E-state index contributed by atoms with van der Waals surface area (Å²) >= 11 is 1.61. The second-order valence-corrected chi connectivity index (χ2v) is 5.25. The van der Waals surface area contributed by atoms with Crippen LogP contribution >= 0.6 is 11.3 Å². The summed E-state index contributed by atoms with van der Waals surface area (Å²) in [6, 6.07) is -0.135. The summed E-state index contributed by atoms with van der Waals surface area (Å²) in [4.78, 5) is 20.3. The van der Waals surface area contributed by atoms with Crippen LogP contribution < -0.4 is 10.2 Å². The van der Waals surface area contributed by atoms with Crippen LogP contribution in [0.25, 0.3) is 0 Å². The van der Waals surface area contributed by atoms with E-state index in [9.17, 15) is 4.79 Å². The quantitative estimate of drug-likeness (QED) is 0.825. The molecular weight excluding hydrogens is 236 g/mol. The van der Waals surface area contributed by atoms with Crippen LogP contribution in [0, 0.1) is 6.92 Å². The molecule has 1 aromatic heterocycles. The third-order valence-electron chi connectivity index (χ3n) is 2.82. The maximum Gasteiger partial charge on any atom is 0.246 e. The highest BCUT2D eigenvalue weighted by Crippen LogP contribution is 2.23. The summed E-state index contributed by atoms with van der Waals surface area (Å²) in [5.74, 6) is 0.130. The lowest BCUT2D eigenvalue weighted by atomic mass is 10.2. The zero-order valence-corrected chi connectivity index (χ0v) is 11.3. The predicted octanol–water partition coefficient (Wildman–Crippen LogP) is 0.318. The number of carbonyl (C=O) groups is 1. The Kier molecular flexibility index (Phi) is 3.63. The summed E-state index contributed by atoms with van der Waals surface area (Å²) in [5.41, 5.74) is 1.01. The minimum absolute atomic E-state index is 0.130. The fourth-order valence-corrected chi connectivity index (χ4v) is 2.80. The van der Waals surface area contributed by atoms with E-state index in [0.717, 1.165) is 23.9 Å². The van der Waals surface area contributed by atoms with Crippen molar-refractivity contribution >= 4 is 22.4 Å². The highest BCUT2D eigenvalue weighted by Gasteiger charge is 2.31. The number of nitrogens with zero attached hydrogens (tertiary/aromatic N) is 3. The molecule has 1 unspecified atom stereocenters. The van der Waals surface area contributed by atoms with Gasteiger partial charge in [0.15, 0.2) is 5.13 Å². The van der Waals surface area contributed by atoms with E-state index in [1.165, 1.54) is 0 Å². The summed E-state index contributed by atoms with van der Waals surface area (Å²) in [6.45, 7) is 4.40. The van der Waals surface area contributed by atoms with E-state index in [0.29, 0.717) is 6.54 Å². The third-order valence-corrected chi connectivity index (χ3v) is 3.82. The van der Waals surface area contributed by atoms with Crippen molar-refractivity contribution in [2.45, 2.75) is 13.0 Å². The topological polar surface area (TPSA) is 48.5 Å². The standard InChI is InChI=1S/C11H18N4OS/c1-8-7-17-11(13-8)15-5-4-12-6-9(15)10(16)14(2)3/h7,9,12H,4-6H2,1-3H3. The predicted molar refractivity (Wildman–Crippen MR) is 69.5 cm³/mol. The Hall–Kier alpha value is -1.14. The molecule has 0 saturated carbocycles. The van der Waals surface area contributed by atoms with Gasteiger partial charge in [-0.25, -0.2) is 4.98 Å². The number of amides is 1. The van der Waals surface area contributed by atoms with Crippen LogP contribution in [0.1, 0.15) is 5.69 Å². The Labute approximate surface area is 105 Å². The van der Waals surface area contributed by atoms with Gasteiger partial charge in [0.2, 0.25) is 5.91 Å². The summed E-state index contributed by atoms with van der Waals surface area (Å²) in [5, 5.41) is 6.24. The van der Waals surface area contributed by atoms with Gasteiger partial charge in [-0.15, -0.1) is 11.3 Å². The van der Waals surface area contributed by atoms with E-state index >= 15 is 0 Å². The smallest absolute Gasteiger partial charge is 0.246 e. The van der Waals surface area contributed by atoms with Crippen molar-refractivity contribution in [2.24, 2.45) is 0 Å². The SMILES string of the molecule is Cc1csc(N2CCNCC2C(=O)N(C)C)n1. The average molecular weight is 254 g/mol. The maximum absolute atomic E-state index is 12.1. The second-order valence-electron chi connectivity index (χ2n) is 4.42. The van der Waals surface area contributed by atoms with E-state index in [4.69, 9.17) is 0 Å². The second kappa shape index (κ2) is 5.01. The van der Waals surface area contributed by atoms with Gasteiger partial charge in [-0.3, -0.25) is 4.79 Å². The van der Waals surface area contributed by atoms with Gasteiger partial charge in [-0.05, 0) is 6.92 Å². The highest BCUT2D eigenvalue weighted by atomic mass is 32.1. The fourth-order valence-electron chi connectivity index (χ4n) is 1.93. The number of rotatable bonds is 2. The van der Waals surface area contributed by atoms with E-state index in [1.807, 2.05) is 12.3 Å². The molecule has 2 rings (SSSR count). The third kappa shape index (κ3) is 2.58. The Morgan fingerprint density at radius 3 is 3.00 bits per heavy atom. The van der Waals surface area contributed by atoms with E-state index in [1.54, 1.807) is 30.3 Å². The van der Waals surface area contributed by atoms with Crippen molar-refractivity contribution < 1.29 is 4.79 Å². The number of likely N-dealkylation sites (N-methyl/N-ethyl adjacent to an activating group) is 1. The Morgan fingerprint density at radius 1 is 1.65 bits per heavy atom. The Balaban J connectivity index is 2.20. The van der Waals surface area contributed by atoms with Crippen LogP contribution in [0.4, 0.5) is 5.13 Å². The van der Waals surface area contributed by atoms with Gasteiger partial charge in [-0.1, -0.05) is 0 Å². The van der Waals surface area contributed by atoms with Gasteiger partial charge in [0.05, 0.1) is 5.69 Å². The molecular formula is C11H18N4OS. The molecule has 94 valence electrons. The van der Waals surface area contributed by atoms with E-state index in [-0.39, 0.29) is 11.9 Å². The Morgan fingerprint density at radius 2 is 2.41 bits per heavy atom. The molecule has 1 atom stereocenters. The number of hydrogen-bond acceptors (Lipinski definition) is 5. The minimum atomic E-state index is -0.135. The first-order valence-electron chi connectivity index (χ1n) is 5.70. The first-order chi connectivity index (χ1) is 8.09. The van der Waals surface area contributed by atoms with Crippen LogP contribution in [0.15, 0.2) is 5.38 Å². The molecule has 1 aliphatic heterocycles. The molecule has 1 saturated heterocycles. The van der Waals surface area contributed by atoms with Crippen LogP contribution in [0.5, 0.6) is 0 Å². The first-order valence-corrected chi connectivity index (χ1v) is 6.58. The molecule has 1 aromatic rings. The molecule has 17 heavy (non-hydrogen) atoms. The van der Waals surface area contributed by atoms with Crippen molar-refractivity contribution in [1.29, 1.82) is 0 Å². The molecule has 1 fully saturated rings. The molecule has 0 aromatic carbocycles. The molecule has 5 nitrogen and oxygen atoms in total. The number of piperazine rings is 1. The van der Waals surface area contributed by atoms with Crippen molar-refractivity contribution in [3.8, 4) is 0 Å². The average Bonchev–Trinajstić information content (AvgIpc) is 2.74. The molecule has 0 aliphatic carbocycles. The lowest BCUT2D eigenvalue weighted by molar-refractivity contribution is -0.130. The van der Waals surface area contributed by atoms with Crippen molar-refractivity contribution in [1.82, 2.24) is 15.2 Å². The normalized spacial score (nSPS) is 20.4. The lowest BCUT2D eigenvalue weighted by Crippen LogP contribution is -2.57. The Bertz CT molecular complexity index is 404. The minimum Gasteiger partial charge on any atom is -0.347 e. The summed E-state index contributed by atoms with van der Waals surface area (Å²) in [7, 11) is 3.59. The number of carbonyl (C=O) groups excluding carboxylic acids is 1. The van der Waals surface area contributed by atoms with Gasteiger partial charge in [0.1, 0.15) is 6.04 Å². The molecule has 0 radical (unpaired) electrons. The maximum atomic E-state index is 12.1. The number of aromatic nitrogens is 1. The zero-order valence-electron chi connectivity index (χ0n) is 10.4. The molecule has 6 heteroatoms. The van der Waals surface area contributed by atoms with Crippen LogP contribution in [0.2, 0.25) is 0 Å². The largest absolute Gasteiger partial charge is 0.347 e. The number of aryl methyl sites for hydroxylation is 1. The summed E-state index contributed by atoms with van der Waals surface area (Å²) < 4.78 is 0. The molecule has 2 heterocycles. The zero-order chi connectivity index (χ0) is 12.4. The van der Waals surface area contributed by atoms with E-state index < -0.39 is 0 Å². The van der Waals surface area contributed by atoms with Crippen molar-refractivity contribution in [2.75, 3.05) is 38.6 Å². The van der Waals surface area contributed by atoms with Gasteiger partial charge in [0.25, 0.3) is 0 Å². The molecule has 1 amide bonds. The molecule has 1 aliphatic rings. The number of hydrogen-bond donors (Lipinski definition) is 1. The lowest BCUT2D eigenvalue weighted by Gasteiger charge is -2.36. The monoisotopic (exact) mass is 254 g/mol. The van der Waals surface area contributed by atoms with E-state index in [2.05, 4.69) is 15.2 Å². The molecule has 0 bridgehead atoms. The van der Waals surface area contributed by atoms with Crippen molar-refractivity contribution in [3.05, 3.63) is 11.1 Å². The van der Waals surface area contributed by atoms with Crippen LogP contribution in [0.3, 0.4) is 0 Å². The fraction of sp³-hybridized carbons (Fsp3) is 0.636. The highest BCUT2D eigenvalue weighted by molar-refractivity contribution is 7.13. The van der Waals surface area contributed by atoms with Gasteiger partial charge < -0.3 is 15.1 Å². The number of anilines is 1. The van der Waals surface area contributed by atoms with Crippen LogP contribution in [-0.2, 0) is 4.79 Å². The summed E-state index contributed by atoms with van der Waals surface area (Å²) in [6.07, 6.45) is 0.